The lowest BCUT2D eigenvalue weighted by atomic mass is 9.49. The fourth-order valence-electron chi connectivity index (χ4n) is 8.85. The van der Waals surface area contributed by atoms with Gasteiger partial charge in [-0.1, -0.05) is 109 Å². The van der Waals surface area contributed by atoms with Gasteiger partial charge in [0.25, 0.3) is 0 Å². The van der Waals surface area contributed by atoms with Gasteiger partial charge >= 0.3 is 0 Å². The molecule has 0 aliphatic heterocycles. The number of rotatable bonds is 0. The first-order chi connectivity index (χ1) is 16.9. The summed E-state index contributed by atoms with van der Waals surface area (Å²) in [6.45, 7) is 0. The fraction of sp³-hybridized carbons (Fsp3) is 0.176. The minimum absolute atomic E-state index is 0.0475. The molecular weight excluding hydrogens is 408 g/mol. The Morgan fingerprint density at radius 3 is 2.00 bits per heavy atom. The summed E-state index contributed by atoms with van der Waals surface area (Å²) in [5.74, 6) is 2.53. The molecule has 9 rings (SSSR count). The molecule has 4 aliphatic rings. The van der Waals surface area contributed by atoms with E-state index in [-0.39, 0.29) is 5.41 Å². The highest BCUT2D eigenvalue weighted by Crippen LogP contribution is 2.77. The zero-order valence-corrected chi connectivity index (χ0v) is 18.9. The van der Waals surface area contributed by atoms with E-state index in [1.165, 1.54) is 39.4 Å². The van der Waals surface area contributed by atoms with Crippen LogP contribution in [0.3, 0.4) is 0 Å². The van der Waals surface area contributed by atoms with Gasteiger partial charge in [0, 0.05) is 0 Å². The molecule has 1 saturated carbocycles. The van der Waals surface area contributed by atoms with Crippen LogP contribution in [0, 0.1) is 11.8 Å². The summed E-state index contributed by atoms with van der Waals surface area (Å²) in [6.07, 6.45) is 1.22. The van der Waals surface area contributed by atoms with Gasteiger partial charge in [-0.25, -0.2) is 0 Å². The van der Waals surface area contributed by atoms with E-state index in [2.05, 4.69) is 109 Å². The molecule has 0 bridgehead atoms. The van der Waals surface area contributed by atoms with E-state index in [4.69, 9.17) is 0 Å². The second-order valence-corrected chi connectivity index (χ2v) is 10.8. The Hall–Kier alpha value is -3.64. The molecule has 1 unspecified atom stereocenters. The summed E-state index contributed by atoms with van der Waals surface area (Å²) < 4.78 is 0. The zero-order valence-electron chi connectivity index (χ0n) is 18.9. The predicted octanol–water partition coefficient (Wildman–Crippen LogP) is 7.84. The maximum Gasteiger partial charge on any atom is 0.0506 e. The monoisotopic (exact) mass is 432 g/mol. The van der Waals surface area contributed by atoms with Crippen LogP contribution in [0.2, 0.25) is 0 Å². The maximum absolute atomic E-state index is 2.45. The van der Waals surface area contributed by atoms with Crippen LogP contribution in [0.1, 0.15) is 45.2 Å². The third kappa shape index (κ3) is 1.78. The normalized spacial score (nSPS) is 25.8. The molecule has 0 aromatic heterocycles. The molecular formula is C34H24. The van der Waals surface area contributed by atoms with Crippen molar-refractivity contribution in [1.29, 1.82) is 0 Å². The third-order valence-corrected chi connectivity index (χ3v) is 9.78. The molecule has 0 amide bonds. The Bertz CT molecular complexity index is 1630. The Balaban J connectivity index is 1.40. The quantitative estimate of drug-likeness (QED) is 0.234. The molecule has 0 heterocycles. The topological polar surface area (TPSA) is 0 Å². The van der Waals surface area contributed by atoms with Crippen molar-refractivity contribution in [2.24, 2.45) is 11.8 Å². The maximum atomic E-state index is 2.45. The smallest absolute Gasteiger partial charge is 0.0506 e. The number of fused-ring (bicyclic) bond motifs is 17. The van der Waals surface area contributed by atoms with Gasteiger partial charge in [-0.15, -0.1) is 0 Å². The lowest BCUT2D eigenvalue weighted by molar-refractivity contribution is 0.0902. The number of hydrogen-bond acceptors (Lipinski definition) is 0. The van der Waals surface area contributed by atoms with Gasteiger partial charge in [0.15, 0.2) is 0 Å². The molecule has 1 spiro atoms. The van der Waals surface area contributed by atoms with Crippen LogP contribution in [0.4, 0.5) is 0 Å². The van der Waals surface area contributed by atoms with E-state index < -0.39 is 0 Å². The highest BCUT2D eigenvalue weighted by molar-refractivity contribution is 5.90. The van der Waals surface area contributed by atoms with Gasteiger partial charge in [0.2, 0.25) is 0 Å². The average molecular weight is 433 g/mol. The Kier molecular flexibility index (Phi) is 3.08. The first kappa shape index (κ1) is 17.8. The highest BCUT2D eigenvalue weighted by atomic mass is 14.7. The van der Waals surface area contributed by atoms with Crippen molar-refractivity contribution in [3.63, 3.8) is 0 Å². The molecule has 0 saturated heterocycles. The minimum atomic E-state index is -0.0475. The van der Waals surface area contributed by atoms with Gasteiger partial charge in [-0.3, -0.25) is 0 Å². The van der Waals surface area contributed by atoms with Gasteiger partial charge in [0.1, 0.15) is 0 Å². The lowest BCUT2D eigenvalue weighted by Gasteiger charge is -2.53. The molecule has 0 radical (unpaired) electrons. The van der Waals surface area contributed by atoms with E-state index in [1.54, 1.807) is 22.3 Å². The van der Waals surface area contributed by atoms with Gasteiger partial charge in [-0.2, -0.15) is 0 Å². The van der Waals surface area contributed by atoms with E-state index in [1.807, 2.05) is 0 Å². The van der Waals surface area contributed by atoms with Crippen LogP contribution >= 0.6 is 0 Å². The van der Waals surface area contributed by atoms with E-state index in [9.17, 15) is 0 Å². The van der Waals surface area contributed by atoms with Crippen LogP contribution < -0.4 is 0 Å². The van der Waals surface area contributed by atoms with Crippen molar-refractivity contribution in [2.45, 2.75) is 23.7 Å². The molecule has 4 aliphatic carbocycles. The third-order valence-electron chi connectivity index (χ3n) is 9.78. The Labute approximate surface area is 199 Å². The standard InChI is InChI=1S/C34H24/c1-2-10-22-20(9-1)17-18-21-19-26-31-25-13-5-8-16-29(25)34(33(31)32(26)30(21)22)27-14-6-3-11-23(27)24-12-4-7-15-28(24)34/h1-18,26,31-33H,19H2/t26-,31+,32?,33+/m0/s1. The second-order valence-electron chi connectivity index (χ2n) is 10.8. The van der Waals surface area contributed by atoms with Gasteiger partial charge in [0.05, 0.1) is 5.41 Å². The molecule has 1 fully saturated rings. The summed E-state index contributed by atoms with van der Waals surface area (Å²) in [5, 5.41) is 2.87. The molecule has 0 heteroatoms. The Morgan fingerprint density at radius 2 is 1.21 bits per heavy atom. The largest absolute Gasteiger partial charge is 0.0620 e. The number of hydrogen-bond donors (Lipinski definition) is 0. The van der Waals surface area contributed by atoms with Gasteiger partial charge < -0.3 is 0 Å². The highest BCUT2D eigenvalue weighted by Gasteiger charge is 2.69. The molecule has 0 nitrogen and oxygen atoms in total. The van der Waals surface area contributed by atoms with Crippen LogP contribution in [-0.4, -0.2) is 0 Å². The number of benzene rings is 5. The molecule has 5 aromatic rings. The lowest BCUT2D eigenvalue weighted by Crippen LogP contribution is -2.48. The van der Waals surface area contributed by atoms with Crippen molar-refractivity contribution in [3.05, 3.63) is 143 Å². The summed E-state index contributed by atoms with van der Waals surface area (Å²) >= 11 is 0. The van der Waals surface area contributed by atoms with Crippen molar-refractivity contribution >= 4 is 10.8 Å². The van der Waals surface area contributed by atoms with Crippen molar-refractivity contribution in [1.82, 2.24) is 0 Å². The van der Waals surface area contributed by atoms with Crippen LogP contribution in [0.25, 0.3) is 21.9 Å². The van der Waals surface area contributed by atoms with E-state index in [0.717, 1.165) is 0 Å². The molecule has 4 atom stereocenters. The van der Waals surface area contributed by atoms with Crippen molar-refractivity contribution in [3.8, 4) is 11.1 Å². The molecule has 5 aromatic carbocycles. The van der Waals surface area contributed by atoms with Crippen LogP contribution in [0.15, 0.2) is 109 Å². The summed E-state index contributed by atoms with van der Waals surface area (Å²) in [7, 11) is 0. The summed E-state index contributed by atoms with van der Waals surface area (Å²) in [4.78, 5) is 0. The van der Waals surface area contributed by atoms with E-state index in [0.29, 0.717) is 23.7 Å². The predicted molar refractivity (Wildman–Crippen MR) is 138 cm³/mol. The minimum Gasteiger partial charge on any atom is -0.0620 e. The zero-order chi connectivity index (χ0) is 22.0. The Morgan fingerprint density at radius 1 is 0.559 bits per heavy atom. The SMILES string of the molecule is c1ccc2c(c1)-c1ccccc1C21c2ccccc2[C@@H]2[C@@H]3Cc4ccc5ccccc5c4C3[C@@H]21. The fourth-order valence-corrected chi connectivity index (χ4v) is 8.85. The second kappa shape index (κ2) is 5.88. The van der Waals surface area contributed by atoms with Crippen LogP contribution in [0.5, 0.6) is 0 Å². The summed E-state index contributed by atoms with van der Waals surface area (Å²) in [5.41, 5.74) is 12.3. The average Bonchev–Trinajstić information content (AvgIpc) is 3.46. The van der Waals surface area contributed by atoms with E-state index >= 15 is 0 Å². The molecule has 0 N–H and O–H groups in total. The van der Waals surface area contributed by atoms with Crippen molar-refractivity contribution in [2.75, 3.05) is 0 Å². The van der Waals surface area contributed by atoms with Gasteiger partial charge in [-0.05, 0) is 85.4 Å². The molecule has 160 valence electrons. The van der Waals surface area contributed by atoms with Crippen LogP contribution in [-0.2, 0) is 11.8 Å². The first-order valence-electron chi connectivity index (χ1n) is 12.7. The first-order valence-corrected chi connectivity index (χ1v) is 12.7. The molecule has 34 heavy (non-hydrogen) atoms. The van der Waals surface area contributed by atoms with Crippen molar-refractivity contribution < 1.29 is 0 Å². The summed E-state index contributed by atoms with van der Waals surface area (Å²) in [6, 6.07) is 41.8.